The molecule has 3 heteroatoms. The van der Waals surface area contributed by atoms with E-state index in [4.69, 9.17) is 5.26 Å². The Morgan fingerprint density at radius 1 is 1.55 bits per heavy atom. The molecule has 11 heavy (non-hydrogen) atoms. The summed E-state index contributed by atoms with van der Waals surface area (Å²) >= 11 is 3.19. The van der Waals surface area contributed by atoms with Crippen LogP contribution in [0.2, 0.25) is 0 Å². The summed E-state index contributed by atoms with van der Waals surface area (Å²) in [5.41, 5.74) is 1.07. The predicted octanol–water partition coefficient (Wildman–Crippen LogP) is 2.77. The molecule has 0 aliphatic rings. The van der Waals surface area contributed by atoms with Crippen LogP contribution in [0.25, 0.3) is 0 Å². The van der Waals surface area contributed by atoms with Gasteiger partial charge in [0, 0.05) is 4.47 Å². The molecule has 1 rings (SSSR count). The monoisotopic (exact) mass is 213 g/mol. The Morgan fingerprint density at radius 2 is 2.18 bits per heavy atom. The normalized spacial score (nSPS) is 9.27. The molecule has 0 aromatic heterocycles. The molecule has 0 N–H and O–H groups in total. The summed E-state index contributed by atoms with van der Waals surface area (Å²) in [5, 5.41) is 8.52. The van der Waals surface area contributed by atoms with Crippen LogP contribution in [0.1, 0.15) is 11.1 Å². The highest BCUT2D eigenvalue weighted by molar-refractivity contribution is 9.10. The van der Waals surface area contributed by atoms with Crippen molar-refractivity contribution in [3.63, 3.8) is 0 Å². The van der Waals surface area contributed by atoms with Crippen LogP contribution in [0.3, 0.4) is 0 Å². The van der Waals surface area contributed by atoms with Gasteiger partial charge in [-0.25, -0.2) is 4.39 Å². The Kier molecular flexibility index (Phi) is 2.25. The second-order valence-electron chi connectivity index (χ2n) is 2.20. The third-order valence-corrected chi connectivity index (χ3v) is 2.39. The zero-order chi connectivity index (χ0) is 8.43. The van der Waals surface area contributed by atoms with E-state index in [1.807, 2.05) is 6.07 Å². The van der Waals surface area contributed by atoms with E-state index in [0.29, 0.717) is 10.0 Å². The van der Waals surface area contributed by atoms with Gasteiger partial charge in [-0.15, -0.1) is 0 Å². The molecule has 0 atom stereocenters. The van der Waals surface area contributed by atoms with Gasteiger partial charge in [0.15, 0.2) is 0 Å². The van der Waals surface area contributed by atoms with Crippen LogP contribution >= 0.6 is 15.9 Å². The van der Waals surface area contributed by atoms with Crippen molar-refractivity contribution in [2.75, 3.05) is 0 Å². The molecular weight excluding hydrogens is 209 g/mol. The molecule has 0 aliphatic carbocycles. The molecule has 0 radical (unpaired) electrons. The lowest BCUT2D eigenvalue weighted by Crippen LogP contribution is -1.85. The van der Waals surface area contributed by atoms with Crippen LogP contribution in [0, 0.1) is 24.1 Å². The van der Waals surface area contributed by atoms with E-state index in [0.717, 1.165) is 5.56 Å². The van der Waals surface area contributed by atoms with Gasteiger partial charge in [0.1, 0.15) is 11.9 Å². The first kappa shape index (κ1) is 8.22. The van der Waals surface area contributed by atoms with E-state index in [9.17, 15) is 4.39 Å². The molecule has 0 amide bonds. The minimum Gasteiger partial charge on any atom is -0.207 e. The van der Waals surface area contributed by atoms with Crippen molar-refractivity contribution in [3.05, 3.63) is 33.5 Å². The first-order chi connectivity index (χ1) is 5.15. The van der Waals surface area contributed by atoms with Crippen LogP contribution in [0.4, 0.5) is 4.39 Å². The lowest BCUT2D eigenvalue weighted by atomic mass is 10.1. The Bertz CT molecular complexity index is 328. The molecule has 0 saturated carbocycles. The maximum Gasteiger partial charge on any atom is 0.124 e. The number of nitriles is 1. The number of nitrogens with zero attached hydrogens (tertiary/aromatic N) is 1. The Labute approximate surface area is 72.6 Å². The molecule has 0 bridgehead atoms. The topological polar surface area (TPSA) is 23.8 Å². The van der Waals surface area contributed by atoms with Gasteiger partial charge in [-0.05, 0) is 40.5 Å². The van der Waals surface area contributed by atoms with Crippen molar-refractivity contribution in [3.8, 4) is 6.07 Å². The summed E-state index contributed by atoms with van der Waals surface area (Å²) in [7, 11) is 0. The SMILES string of the molecule is Cc1cc(F)cc(C#N)c1Br. The van der Waals surface area contributed by atoms with E-state index in [1.54, 1.807) is 6.92 Å². The van der Waals surface area contributed by atoms with Gasteiger partial charge in [-0.1, -0.05) is 0 Å². The van der Waals surface area contributed by atoms with Crippen LogP contribution in [-0.4, -0.2) is 0 Å². The Hall–Kier alpha value is -0.880. The molecular formula is C8H5BrFN. The minimum absolute atomic E-state index is 0.336. The molecule has 0 aliphatic heterocycles. The third kappa shape index (κ3) is 1.58. The number of benzene rings is 1. The van der Waals surface area contributed by atoms with Crippen molar-refractivity contribution >= 4 is 15.9 Å². The lowest BCUT2D eigenvalue weighted by Gasteiger charge is -1.99. The fraction of sp³-hybridized carbons (Fsp3) is 0.125. The standard InChI is InChI=1S/C8H5BrFN/c1-5-2-7(10)3-6(4-11)8(5)9/h2-3H,1H3. The molecule has 0 saturated heterocycles. The molecule has 1 aromatic rings. The summed E-state index contributed by atoms with van der Waals surface area (Å²) < 4.78 is 13.3. The minimum atomic E-state index is -0.373. The smallest absolute Gasteiger partial charge is 0.124 e. The first-order valence-electron chi connectivity index (χ1n) is 3.01. The van der Waals surface area contributed by atoms with Crippen LogP contribution in [0.15, 0.2) is 16.6 Å². The van der Waals surface area contributed by atoms with Gasteiger partial charge in [0.25, 0.3) is 0 Å². The van der Waals surface area contributed by atoms with Crippen LogP contribution < -0.4 is 0 Å². The average molecular weight is 214 g/mol. The highest BCUT2D eigenvalue weighted by Crippen LogP contribution is 2.21. The van der Waals surface area contributed by atoms with Crippen LogP contribution in [-0.2, 0) is 0 Å². The summed E-state index contributed by atoms with van der Waals surface area (Å²) in [6.45, 7) is 1.74. The van der Waals surface area contributed by atoms with Gasteiger partial charge >= 0.3 is 0 Å². The van der Waals surface area contributed by atoms with Crippen LogP contribution in [0.5, 0.6) is 0 Å². The quantitative estimate of drug-likeness (QED) is 0.651. The Balaban J connectivity index is 3.39. The molecule has 0 heterocycles. The second-order valence-corrected chi connectivity index (χ2v) is 2.99. The fourth-order valence-corrected chi connectivity index (χ4v) is 1.12. The maximum atomic E-state index is 12.6. The summed E-state index contributed by atoms with van der Waals surface area (Å²) in [5.74, 6) is -0.373. The largest absolute Gasteiger partial charge is 0.207 e. The number of halogens is 2. The molecule has 0 fully saturated rings. The molecule has 1 nitrogen and oxygen atoms in total. The molecule has 0 unspecified atom stereocenters. The summed E-state index contributed by atoms with van der Waals surface area (Å²) in [6.07, 6.45) is 0. The van der Waals surface area contributed by atoms with E-state index >= 15 is 0 Å². The first-order valence-corrected chi connectivity index (χ1v) is 3.80. The van der Waals surface area contributed by atoms with Crippen molar-refractivity contribution < 1.29 is 4.39 Å². The molecule has 0 spiro atoms. The summed E-state index contributed by atoms with van der Waals surface area (Å²) in [4.78, 5) is 0. The zero-order valence-corrected chi connectivity index (χ0v) is 7.44. The van der Waals surface area contributed by atoms with E-state index < -0.39 is 0 Å². The third-order valence-electron chi connectivity index (χ3n) is 1.34. The van der Waals surface area contributed by atoms with E-state index in [2.05, 4.69) is 15.9 Å². The Morgan fingerprint density at radius 3 is 2.73 bits per heavy atom. The van der Waals surface area contributed by atoms with E-state index in [-0.39, 0.29) is 5.82 Å². The van der Waals surface area contributed by atoms with Crippen molar-refractivity contribution in [1.82, 2.24) is 0 Å². The number of hydrogen-bond donors (Lipinski definition) is 0. The van der Waals surface area contributed by atoms with Gasteiger partial charge in [0.05, 0.1) is 5.56 Å². The van der Waals surface area contributed by atoms with Gasteiger partial charge in [0.2, 0.25) is 0 Å². The number of rotatable bonds is 0. The van der Waals surface area contributed by atoms with Gasteiger partial charge in [-0.2, -0.15) is 5.26 Å². The van der Waals surface area contributed by atoms with Crippen molar-refractivity contribution in [2.24, 2.45) is 0 Å². The highest BCUT2D eigenvalue weighted by Gasteiger charge is 2.03. The second kappa shape index (κ2) is 3.02. The molecule has 1 aromatic carbocycles. The lowest BCUT2D eigenvalue weighted by molar-refractivity contribution is 0.625. The zero-order valence-electron chi connectivity index (χ0n) is 5.86. The van der Waals surface area contributed by atoms with Gasteiger partial charge in [-0.3, -0.25) is 0 Å². The maximum absolute atomic E-state index is 12.6. The van der Waals surface area contributed by atoms with Gasteiger partial charge < -0.3 is 0 Å². The average Bonchev–Trinajstić information content (AvgIpc) is 1.96. The van der Waals surface area contributed by atoms with E-state index in [1.165, 1.54) is 12.1 Å². The number of aryl methyl sites for hydroxylation is 1. The molecule has 56 valence electrons. The van der Waals surface area contributed by atoms with Crippen molar-refractivity contribution in [1.29, 1.82) is 5.26 Å². The summed E-state index contributed by atoms with van der Waals surface area (Å²) in [6, 6.07) is 4.48. The number of hydrogen-bond acceptors (Lipinski definition) is 1. The predicted molar refractivity (Wildman–Crippen MR) is 43.6 cm³/mol. The van der Waals surface area contributed by atoms with Crippen molar-refractivity contribution in [2.45, 2.75) is 6.92 Å². The fourth-order valence-electron chi connectivity index (χ4n) is 0.807. The highest BCUT2D eigenvalue weighted by atomic mass is 79.9.